The maximum atomic E-state index is 11.3. The van der Waals surface area contributed by atoms with Crippen molar-refractivity contribution in [2.75, 3.05) is 6.26 Å². The third kappa shape index (κ3) is 4.88. The third-order valence-corrected chi connectivity index (χ3v) is 3.86. The summed E-state index contributed by atoms with van der Waals surface area (Å²) in [6, 6.07) is 7.55. The van der Waals surface area contributed by atoms with E-state index in [4.69, 9.17) is 0 Å². The van der Waals surface area contributed by atoms with Crippen LogP contribution in [-0.4, -0.2) is 20.7 Å². The minimum absolute atomic E-state index is 0.378. The molecule has 4 heteroatoms. The second kappa shape index (κ2) is 6.17. The molecule has 0 saturated heterocycles. The fourth-order valence-electron chi connectivity index (χ4n) is 1.68. The summed E-state index contributed by atoms with van der Waals surface area (Å²) in [6.45, 7) is 5.11. The smallest absolute Gasteiger partial charge is 0.175 e. The number of benzene rings is 1. The minimum atomic E-state index is -3.08. The van der Waals surface area contributed by atoms with Crippen LogP contribution in [0.3, 0.4) is 0 Å². The normalized spacial score (nSPS) is 13.6. The van der Waals surface area contributed by atoms with Gasteiger partial charge in [-0.1, -0.05) is 25.5 Å². The van der Waals surface area contributed by atoms with Gasteiger partial charge in [0.25, 0.3) is 0 Å². The van der Waals surface area contributed by atoms with E-state index in [9.17, 15) is 8.42 Å². The van der Waals surface area contributed by atoms with Crippen molar-refractivity contribution in [1.29, 1.82) is 0 Å². The summed E-state index contributed by atoms with van der Waals surface area (Å²) in [4.78, 5) is 0.378. The molecule has 1 N–H and O–H groups in total. The van der Waals surface area contributed by atoms with Crippen molar-refractivity contribution in [1.82, 2.24) is 5.32 Å². The van der Waals surface area contributed by atoms with Crippen molar-refractivity contribution in [3.63, 3.8) is 0 Å². The topological polar surface area (TPSA) is 46.2 Å². The Hall–Kier alpha value is -0.870. The van der Waals surface area contributed by atoms with Crippen LogP contribution in [0.15, 0.2) is 29.2 Å². The average Bonchev–Trinajstić information content (AvgIpc) is 2.26. The summed E-state index contributed by atoms with van der Waals surface area (Å²) in [6.07, 6.45) is 3.55. The minimum Gasteiger partial charge on any atom is -0.310 e. The summed E-state index contributed by atoms with van der Waals surface area (Å²) in [5.74, 6) is 0. The quantitative estimate of drug-likeness (QED) is 0.849. The Bertz CT molecular complexity index is 437. The molecule has 1 rings (SSSR count). The molecule has 1 unspecified atom stereocenters. The fourth-order valence-corrected chi connectivity index (χ4v) is 2.31. The lowest BCUT2D eigenvalue weighted by Gasteiger charge is -2.12. The van der Waals surface area contributed by atoms with Crippen LogP contribution >= 0.6 is 0 Å². The van der Waals surface area contributed by atoms with Gasteiger partial charge in [0, 0.05) is 18.8 Å². The molecule has 3 nitrogen and oxygen atoms in total. The molecule has 1 atom stereocenters. The van der Waals surface area contributed by atoms with Gasteiger partial charge in [-0.2, -0.15) is 0 Å². The van der Waals surface area contributed by atoms with Gasteiger partial charge in [0.05, 0.1) is 4.90 Å². The first kappa shape index (κ1) is 14.2. The van der Waals surface area contributed by atoms with Crippen LogP contribution in [0.5, 0.6) is 0 Å². The zero-order valence-corrected chi connectivity index (χ0v) is 11.5. The predicted octanol–water partition coefficient (Wildman–Crippen LogP) is 2.37. The highest BCUT2D eigenvalue weighted by Crippen LogP contribution is 2.10. The molecular formula is C13H21NO2S. The van der Waals surface area contributed by atoms with E-state index in [0.29, 0.717) is 10.9 Å². The molecule has 17 heavy (non-hydrogen) atoms. The summed E-state index contributed by atoms with van der Waals surface area (Å²) in [5.41, 5.74) is 1.11. The van der Waals surface area contributed by atoms with Crippen molar-refractivity contribution in [3.05, 3.63) is 29.8 Å². The van der Waals surface area contributed by atoms with Crippen LogP contribution < -0.4 is 5.32 Å². The number of rotatable bonds is 6. The summed E-state index contributed by atoms with van der Waals surface area (Å²) >= 11 is 0. The molecule has 0 heterocycles. The molecule has 96 valence electrons. The van der Waals surface area contributed by atoms with Crippen LogP contribution in [0, 0.1) is 0 Å². The van der Waals surface area contributed by atoms with Gasteiger partial charge in [-0.05, 0) is 31.0 Å². The summed E-state index contributed by atoms with van der Waals surface area (Å²) < 4.78 is 22.6. The molecule has 0 spiro atoms. The largest absolute Gasteiger partial charge is 0.310 e. The maximum Gasteiger partial charge on any atom is 0.175 e. The lowest BCUT2D eigenvalue weighted by Crippen LogP contribution is -2.25. The highest BCUT2D eigenvalue weighted by atomic mass is 32.2. The highest BCUT2D eigenvalue weighted by Gasteiger charge is 2.06. The van der Waals surface area contributed by atoms with Crippen molar-refractivity contribution >= 4 is 9.84 Å². The van der Waals surface area contributed by atoms with Crippen molar-refractivity contribution < 1.29 is 8.42 Å². The van der Waals surface area contributed by atoms with Crippen LogP contribution in [0.2, 0.25) is 0 Å². The molecule has 0 aromatic heterocycles. The number of hydrogen-bond donors (Lipinski definition) is 1. The zero-order chi connectivity index (χ0) is 12.9. The highest BCUT2D eigenvalue weighted by molar-refractivity contribution is 7.90. The number of sulfone groups is 1. The third-order valence-electron chi connectivity index (χ3n) is 2.73. The predicted molar refractivity (Wildman–Crippen MR) is 70.8 cm³/mol. The maximum absolute atomic E-state index is 11.3. The van der Waals surface area contributed by atoms with E-state index in [2.05, 4.69) is 19.2 Å². The van der Waals surface area contributed by atoms with Crippen LogP contribution in [-0.2, 0) is 16.4 Å². The summed E-state index contributed by atoms with van der Waals surface area (Å²) in [5, 5.41) is 3.41. The molecule has 1 aromatic carbocycles. The Morgan fingerprint density at radius 2 is 1.82 bits per heavy atom. The van der Waals surface area contributed by atoms with Crippen molar-refractivity contribution in [2.24, 2.45) is 0 Å². The van der Waals surface area contributed by atoms with E-state index in [1.165, 1.54) is 12.7 Å². The Balaban J connectivity index is 2.57. The molecule has 1 aromatic rings. The molecular weight excluding hydrogens is 234 g/mol. The van der Waals surface area contributed by atoms with Gasteiger partial charge in [-0.15, -0.1) is 0 Å². The number of hydrogen-bond acceptors (Lipinski definition) is 3. The Morgan fingerprint density at radius 3 is 2.29 bits per heavy atom. The molecule has 0 aliphatic carbocycles. The van der Waals surface area contributed by atoms with Gasteiger partial charge in [0.15, 0.2) is 9.84 Å². The van der Waals surface area contributed by atoms with E-state index >= 15 is 0 Å². The second-order valence-corrected chi connectivity index (χ2v) is 6.50. The molecule has 0 saturated carbocycles. The lowest BCUT2D eigenvalue weighted by molar-refractivity contribution is 0.508. The van der Waals surface area contributed by atoms with E-state index in [0.717, 1.165) is 18.5 Å². The van der Waals surface area contributed by atoms with Gasteiger partial charge in [-0.3, -0.25) is 0 Å². The summed E-state index contributed by atoms with van der Waals surface area (Å²) in [7, 11) is -3.08. The molecule has 0 aliphatic rings. The molecule has 0 fully saturated rings. The number of nitrogens with one attached hydrogen (secondary N) is 1. The molecule has 0 amide bonds. The van der Waals surface area contributed by atoms with E-state index in [-0.39, 0.29) is 0 Å². The van der Waals surface area contributed by atoms with E-state index < -0.39 is 9.84 Å². The van der Waals surface area contributed by atoms with Gasteiger partial charge in [-0.25, -0.2) is 8.42 Å². The van der Waals surface area contributed by atoms with Crippen LogP contribution in [0.4, 0.5) is 0 Å². The SMILES string of the molecule is CCCC(C)NCc1ccc(S(C)(=O)=O)cc1. The molecule has 0 bridgehead atoms. The van der Waals surface area contributed by atoms with E-state index in [1.54, 1.807) is 12.1 Å². The average molecular weight is 255 g/mol. The first-order valence-corrected chi connectivity index (χ1v) is 7.85. The van der Waals surface area contributed by atoms with Gasteiger partial charge < -0.3 is 5.32 Å². The van der Waals surface area contributed by atoms with Crippen LogP contribution in [0.1, 0.15) is 32.3 Å². The molecule has 0 radical (unpaired) electrons. The van der Waals surface area contributed by atoms with E-state index in [1.807, 2.05) is 12.1 Å². The van der Waals surface area contributed by atoms with Crippen LogP contribution in [0.25, 0.3) is 0 Å². The standard InChI is InChI=1S/C13H21NO2S/c1-4-5-11(2)14-10-12-6-8-13(9-7-12)17(3,15)16/h6-9,11,14H,4-5,10H2,1-3H3. The Labute approximate surface area is 104 Å². The van der Waals surface area contributed by atoms with Crippen molar-refractivity contribution in [2.45, 2.75) is 44.2 Å². The second-order valence-electron chi connectivity index (χ2n) is 4.49. The monoisotopic (exact) mass is 255 g/mol. The van der Waals surface area contributed by atoms with Gasteiger partial charge in [0.2, 0.25) is 0 Å². The Kier molecular flexibility index (Phi) is 5.15. The first-order chi connectivity index (χ1) is 7.93. The fraction of sp³-hybridized carbons (Fsp3) is 0.538. The zero-order valence-electron chi connectivity index (χ0n) is 10.7. The molecule has 0 aliphatic heterocycles. The van der Waals surface area contributed by atoms with Gasteiger partial charge >= 0.3 is 0 Å². The van der Waals surface area contributed by atoms with Gasteiger partial charge in [0.1, 0.15) is 0 Å². The lowest BCUT2D eigenvalue weighted by atomic mass is 10.1. The van der Waals surface area contributed by atoms with Crippen molar-refractivity contribution in [3.8, 4) is 0 Å². The first-order valence-electron chi connectivity index (χ1n) is 5.96. The Morgan fingerprint density at radius 1 is 1.24 bits per heavy atom.